The van der Waals surface area contributed by atoms with Crippen LogP contribution in [-0.2, 0) is 25.7 Å². The molecule has 2 atom stereocenters. The zero-order chi connectivity index (χ0) is 31.3. The van der Waals surface area contributed by atoms with E-state index >= 15 is 0 Å². The van der Waals surface area contributed by atoms with E-state index in [2.05, 4.69) is 17.6 Å². The molecule has 0 fully saturated rings. The highest BCUT2D eigenvalue weighted by Crippen LogP contribution is 2.26. The molecular formula is C33H48N4O5. The van der Waals surface area contributed by atoms with Gasteiger partial charge < -0.3 is 26.0 Å². The fourth-order valence-corrected chi connectivity index (χ4v) is 4.59. The monoisotopic (exact) mass is 580 g/mol. The zero-order valence-electron chi connectivity index (χ0n) is 26.0. The van der Waals surface area contributed by atoms with E-state index in [4.69, 9.17) is 10.5 Å². The van der Waals surface area contributed by atoms with Gasteiger partial charge in [-0.1, -0.05) is 81.1 Å². The minimum atomic E-state index is -1.30. The fraction of sp³-hybridized carbons (Fsp3) is 0.515. The number of ether oxygens (including phenoxy) is 1. The van der Waals surface area contributed by atoms with Crippen LogP contribution < -0.4 is 16.4 Å². The predicted octanol–water partition coefficient (Wildman–Crippen LogP) is 5.23. The van der Waals surface area contributed by atoms with E-state index < -0.39 is 42.0 Å². The molecule has 0 aliphatic rings. The van der Waals surface area contributed by atoms with Gasteiger partial charge in [0.05, 0.1) is 6.42 Å². The standard InChI is InChI=1S/C33H48N4O5/c1-7-8-9-10-14-19-37(31(40)27(21-28(34)38)36-32(41)42-33(4,5)6)29(26-18-17-23(2)24(3)20-26)30(39)35-22-25-15-12-11-13-16-25/h11-13,15-18,20,27,29H,7-10,14,19,21-22H2,1-6H3,(H2,34,38)(H,35,39)(H,36,41). The summed E-state index contributed by atoms with van der Waals surface area (Å²) >= 11 is 0. The number of nitrogens with two attached hydrogens (primary N) is 1. The van der Waals surface area contributed by atoms with Crippen LogP contribution in [0.25, 0.3) is 0 Å². The third kappa shape index (κ3) is 11.5. The quantitative estimate of drug-likeness (QED) is 0.248. The van der Waals surface area contributed by atoms with Gasteiger partial charge >= 0.3 is 6.09 Å². The minimum Gasteiger partial charge on any atom is -0.444 e. The largest absolute Gasteiger partial charge is 0.444 e. The second-order valence-corrected chi connectivity index (χ2v) is 11.8. The summed E-state index contributed by atoms with van der Waals surface area (Å²) in [6.45, 7) is 11.7. The van der Waals surface area contributed by atoms with Crippen molar-refractivity contribution < 1.29 is 23.9 Å². The smallest absolute Gasteiger partial charge is 0.408 e. The molecule has 0 heterocycles. The second-order valence-electron chi connectivity index (χ2n) is 11.8. The molecule has 9 heteroatoms. The Morgan fingerprint density at radius 1 is 0.929 bits per heavy atom. The number of hydrogen-bond acceptors (Lipinski definition) is 5. The molecule has 0 aliphatic carbocycles. The predicted molar refractivity (Wildman–Crippen MR) is 164 cm³/mol. The lowest BCUT2D eigenvalue weighted by Gasteiger charge is -2.34. The number of aryl methyl sites for hydroxylation is 2. The van der Waals surface area contributed by atoms with Gasteiger partial charge in [0, 0.05) is 13.1 Å². The zero-order valence-corrected chi connectivity index (χ0v) is 26.0. The number of primary amides is 1. The molecule has 0 aromatic heterocycles. The Hall–Kier alpha value is -3.88. The number of hydrogen-bond donors (Lipinski definition) is 3. The van der Waals surface area contributed by atoms with E-state index in [1.165, 1.54) is 4.90 Å². The Morgan fingerprint density at radius 3 is 2.19 bits per heavy atom. The van der Waals surface area contributed by atoms with Gasteiger partial charge in [0.25, 0.3) is 0 Å². The van der Waals surface area contributed by atoms with Gasteiger partial charge in [-0.05, 0) is 63.3 Å². The molecule has 230 valence electrons. The molecule has 2 aromatic rings. The molecule has 2 unspecified atom stereocenters. The average Bonchev–Trinajstić information content (AvgIpc) is 2.91. The molecule has 0 spiro atoms. The van der Waals surface area contributed by atoms with E-state index in [1.54, 1.807) is 20.8 Å². The molecule has 4 amide bonds. The van der Waals surface area contributed by atoms with Gasteiger partial charge in [-0.3, -0.25) is 14.4 Å². The molecule has 0 radical (unpaired) electrons. The maximum absolute atomic E-state index is 14.2. The summed E-state index contributed by atoms with van der Waals surface area (Å²) < 4.78 is 5.36. The summed E-state index contributed by atoms with van der Waals surface area (Å²) in [6, 6.07) is 12.9. The first-order valence-electron chi connectivity index (χ1n) is 14.8. The Balaban J connectivity index is 2.51. The molecule has 42 heavy (non-hydrogen) atoms. The van der Waals surface area contributed by atoms with Crippen molar-refractivity contribution in [3.63, 3.8) is 0 Å². The van der Waals surface area contributed by atoms with E-state index in [9.17, 15) is 19.2 Å². The number of nitrogens with zero attached hydrogens (tertiary/aromatic N) is 1. The summed E-state index contributed by atoms with van der Waals surface area (Å²) in [4.78, 5) is 54.3. The van der Waals surface area contributed by atoms with Crippen molar-refractivity contribution in [1.82, 2.24) is 15.5 Å². The minimum absolute atomic E-state index is 0.254. The van der Waals surface area contributed by atoms with Crippen molar-refractivity contribution in [2.24, 2.45) is 5.73 Å². The van der Waals surface area contributed by atoms with Gasteiger partial charge in [0.15, 0.2) is 0 Å². The van der Waals surface area contributed by atoms with E-state index in [0.29, 0.717) is 12.0 Å². The number of rotatable bonds is 15. The Labute approximate surface area is 250 Å². The lowest BCUT2D eigenvalue weighted by atomic mass is 9.97. The van der Waals surface area contributed by atoms with Crippen molar-refractivity contribution >= 4 is 23.8 Å². The highest BCUT2D eigenvalue weighted by Gasteiger charge is 2.37. The van der Waals surface area contributed by atoms with Crippen molar-refractivity contribution in [2.45, 2.75) is 104 Å². The van der Waals surface area contributed by atoms with Crippen LogP contribution >= 0.6 is 0 Å². The van der Waals surface area contributed by atoms with Crippen LogP contribution in [0.1, 0.15) is 94.5 Å². The molecule has 2 rings (SSSR count). The molecule has 0 bridgehead atoms. The maximum Gasteiger partial charge on any atom is 0.408 e. The first kappa shape index (κ1) is 34.3. The molecular weight excluding hydrogens is 532 g/mol. The van der Waals surface area contributed by atoms with E-state index in [1.807, 2.05) is 62.4 Å². The SMILES string of the molecule is CCCCCCCN(C(=O)C(CC(N)=O)NC(=O)OC(C)(C)C)C(C(=O)NCc1ccccc1)c1ccc(C)c(C)c1. The summed E-state index contributed by atoms with van der Waals surface area (Å²) in [5.74, 6) is -1.70. The average molecular weight is 581 g/mol. The Morgan fingerprint density at radius 2 is 1.60 bits per heavy atom. The second kappa shape index (κ2) is 16.5. The fourth-order valence-electron chi connectivity index (χ4n) is 4.59. The topological polar surface area (TPSA) is 131 Å². The van der Waals surface area contributed by atoms with Crippen molar-refractivity contribution in [1.29, 1.82) is 0 Å². The van der Waals surface area contributed by atoms with Gasteiger partial charge in [0.2, 0.25) is 17.7 Å². The van der Waals surface area contributed by atoms with Gasteiger partial charge in [0.1, 0.15) is 17.7 Å². The molecule has 4 N–H and O–H groups in total. The van der Waals surface area contributed by atoms with Crippen molar-refractivity contribution in [3.8, 4) is 0 Å². The van der Waals surface area contributed by atoms with Crippen LogP contribution in [0.5, 0.6) is 0 Å². The van der Waals surface area contributed by atoms with E-state index in [0.717, 1.165) is 42.4 Å². The van der Waals surface area contributed by atoms with Crippen LogP contribution in [-0.4, -0.2) is 46.9 Å². The third-order valence-electron chi connectivity index (χ3n) is 6.90. The number of carbonyl (C=O) groups excluding carboxylic acids is 4. The number of benzene rings is 2. The van der Waals surface area contributed by atoms with Crippen molar-refractivity contribution in [2.75, 3.05) is 6.54 Å². The number of alkyl carbamates (subject to hydrolysis) is 1. The maximum atomic E-state index is 14.2. The van der Waals surface area contributed by atoms with Crippen LogP contribution in [0.2, 0.25) is 0 Å². The third-order valence-corrected chi connectivity index (χ3v) is 6.90. The van der Waals surface area contributed by atoms with Crippen LogP contribution in [0.15, 0.2) is 48.5 Å². The van der Waals surface area contributed by atoms with Gasteiger partial charge in [-0.15, -0.1) is 0 Å². The molecule has 2 aromatic carbocycles. The Kier molecular flexibility index (Phi) is 13.5. The lowest BCUT2D eigenvalue weighted by molar-refractivity contribution is -0.143. The highest BCUT2D eigenvalue weighted by molar-refractivity contribution is 5.94. The first-order chi connectivity index (χ1) is 19.8. The number of nitrogens with one attached hydrogen (secondary N) is 2. The van der Waals surface area contributed by atoms with E-state index in [-0.39, 0.29) is 19.0 Å². The van der Waals surface area contributed by atoms with Crippen LogP contribution in [0.3, 0.4) is 0 Å². The van der Waals surface area contributed by atoms with Crippen molar-refractivity contribution in [3.05, 3.63) is 70.8 Å². The highest BCUT2D eigenvalue weighted by atomic mass is 16.6. The summed E-state index contributed by atoms with van der Waals surface area (Å²) in [5.41, 5.74) is 8.27. The first-order valence-corrected chi connectivity index (χ1v) is 14.8. The molecule has 0 saturated carbocycles. The number of unbranched alkanes of at least 4 members (excludes halogenated alkanes) is 4. The summed E-state index contributed by atoms with van der Waals surface area (Å²) in [7, 11) is 0. The van der Waals surface area contributed by atoms with Gasteiger partial charge in [-0.2, -0.15) is 0 Å². The summed E-state index contributed by atoms with van der Waals surface area (Å²) in [5, 5.41) is 5.53. The van der Waals surface area contributed by atoms with Crippen LogP contribution in [0, 0.1) is 13.8 Å². The molecule has 0 saturated heterocycles. The lowest BCUT2D eigenvalue weighted by Crippen LogP contribution is -2.54. The molecule has 9 nitrogen and oxygen atoms in total. The summed E-state index contributed by atoms with van der Waals surface area (Å²) in [6.07, 6.45) is 3.36. The normalized spacial score (nSPS) is 12.6. The Bertz CT molecular complexity index is 1190. The van der Waals surface area contributed by atoms with Crippen LogP contribution in [0.4, 0.5) is 4.79 Å². The van der Waals surface area contributed by atoms with Gasteiger partial charge in [-0.25, -0.2) is 4.79 Å². The molecule has 0 aliphatic heterocycles. The number of carbonyl (C=O) groups is 4. The number of amides is 4.